The molecule has 2 rings (SSSR count). The predicted molar refractivity (Wildman–Crippen MR) is 67.9 cm³/mol. The van der Waals surface area contributed by atoms with Gasteiger partial charge in [0.2, 0.25) is 0 Å². The van der Waals surface area contributed by atoms with E-state index in [0.29, 0.717) is 12.1 Å². The lowest BCUT2D eigenvalue weighted by Crippen LogP contribution is -2.21. The van der Waals surface area contributed by atoms with Crippen molar-refractivity contribution in [2.75, 3.05) is 0 Å². The number of aromatic nitrogens is 1. The minimum atomic E-state index is -0.950. The number of hydrogen-bond donors (Lipinski definition) is 1. The van der Waals surface area contributed by atoms with E-state index in [1.807, 2.05) is 6.07 Å². The van der Waals surface area contributed by atoms with Gasteiger partial charge in [-0.15, -0.1) is 0 Å². The molecule has 1 aromatic carbocycles. The lowest BCUT2D eigenvalue weighted by molar-refractivity contribution is 0.0697. The highest BCUT2D eigenvalue weighted by atomic mass is 16.4. The molecule has 0 atom stereocenters. The van der Waals surface area contributed by atoms with Crippen LogP contribution in [0, 0.1) is 6.92 Å². The van der Waals surface area contributed by atoms with Gasteiger partial charge in [0, 0.05) is 11.8 Å². The van der Waals surface area contributed by atoms with E-state index in [4.69, 9.17) is 5.11 Å². The first-order valence-electron chi connectivity index (χ1n) is 5.56. The Kier molecular flexibility index (Phi) is 3.28. The van der Waals surface area contributed by atoms with Gasteiger partial charge in [-0.3, -0.25) is 4.79 Å². The molecule has 1 aromatic heterocycles. The molecule has 1 N–H and O–H groups in total. The molecule has 0 unspecified atom stereocenters. The van der Waals surface area contributed by atoms with Crippen LogP contribution in [0.15, 0.2) is 47.4 Å². The minimum Gasteiger partial charge on any atom is -0.478 e. The first-order valence-corrected chi connectivity index (χ1v) is 5.56. The molecule has 0 aliphatic rings. The van der Waals surface area contributed by atoms with Crippen LogP contribution in [0.1, 0.15) is 21.5 Å². The van der Waals surface area contributed by atoms with Gasteiger partial charge in [-0.1, -0.05) is 18.2 Å². The zero-order valence-electron chi connectivity index (χ0n) is 9.96. The van der Waals surface area contributed by atoms with Crippen molar-refractivity contribution >= 4 is 5.97 Å². The standard InChI is InChI=1S/C14H13NO3/c1-10-3-2-8-15(13(10)16)9-11-4-6-12(7-5-11)14(17)18/h2-8H,9H2,1H3,(H,17,18). The zero-order chi connectivity index (χ0) is 13.1. The van der Waals surface area contributed by atoms with Gasteiger partial charge in [-0.2, -0.15) is 0 Å². The van der Waals surface area contributed by atoms with Crippen molar-refractivity contribution in [1.82, 2.24) is 4.57 Å². The summed E-state index contributed by atoms with van der Waals surface area (Å²) in [5.74, 6) is -0.950. The summed E-state index contributed by atoms with van der Waals surface area (Å²) in [7, 11) is 0. The molecule has 0 amide bonds. The molecular formula is C14H13NO3. The van der Waals surface area contributed by atoms with E-state index in [-0.39, 0.29) is 11.1 Å². The van der Waals surface area contributed by atoms with E-state index in [9.17, 15) is 9.59 Å². The number of rotatable bonds is 3. The average molecular weight is 243 g/mol. The van der Waals surface area contributed by atoms with Crippen LogP contribution in [0.25, 0.3) is 0 Å². The van der Waals surface area contributed by atoms with Crippen molar-refractivity contribution < 1.29 is 9.90 Å². The Balaban J connectivity index is 2.26. The normalized spacial score (nSPS) is 10.3. The number of benzene rings is 1. The number of carbonyl (C=O) groups is 1. The Morgan fingerprint density at radius 1 is 1.22 bits per heavy atom. The lowest BCUT2D eigenvalue weighted by atomic mass is 10.1. The Bertz CT molecular complexity index is 626. The maximum atomic E-state index is 11.8. The van der Waals surface area contributed by atoms with Gasteiger partial charge in [-0.05, 0) is 30.7 Å². The van der Waals surface area contributed by atoms with Crippen LogP contribution >= 0.6 is 0 Å². The molecular weight excluding hydrogens is 230 g/mol. The number of pyridine rings is 1. The molecule has 4 nitrogen and oxygen atoms in total. The second kappa shape index (κ2) is 4.87. The third-order valence-electron chi connectivity index (χ3n) is 2.76. The maximum absolute atomic E-state index is 11.8. The van der Waals surface area contributed by atoms with Crippen LogP contribution < -0.4 is 5.56 Å². The SMILES string of the molecule is Cc1cccn(Cc2ccc(C(=O)O)cc2)c1=O. The Hall–Kier alpha value is -2.36. The average Bonchev–Trinajstić information content (AvgIpc) is 2.36. The summed E-state index contributed by atoms with van der Waals surface area (Å²) in [6.07, 6.45) is 1.72. The molecule has 1 heterocycles. The van der Waals surface area contributed by atoms with Gasteiger partial charge in [0.25, 0.3) is 5.56 Å². The largest absolute Gasteiger partial charge is 0.478 e. The monoisotopic (exact) mass is 243 g/mol. The molecule has 0 spiro atoms. The van der Waals surface area contributed by atoms with E-state index < -0.39 is 5.97 Å². The summed E-state index contributed by atoms with van der Waals surface area (Å²) in [6.45, 7) is 2.22. The van der Waals surface area contributed by atoms with Crippen molar-refractivity contribution in [3.05, 3.63) is 69.6 Å². The summed E-state index contributed by atoms with van der Waals surface area (Å²) in [5.41, 5.74) is 1.81. The minimum absolute atomic E-state index is 0.0280. The first kappa shape index (κ1) is 12.1. The van der Waals surface area contributed by atoms with Crippen molar-refractivity contribution in [3.8, 4) is 0 Å². The Morgan fingerprint density at radius 3 is 2.50 bits per heavy atom. The van der Waals surface area contributed by atoms with Gasteiger partial charge < -0.3 is 9.67 Å². The molecule has 0 aliphatic heterocycles. The van der Waals surface area contributed by atoms with Crippen LogP contribution in [0.3, 0.4) is 0 Å². The third kappa shape index (κ3) is 2.48. The van der Waals surface area contributed by atoms with E-state index in [1.165, 1.54) is 0 Å². The molecule has 18 heavy (non-hydrogen) atoms. The topological polar surface area (TPSA) is 59.3 Å². The molecule has 0 radical (unpaired) electrons. The van der Waals surface area contributed by atoms with Crippen molar-refractivity contribution in [2.45, 2.75) is 13.5 Å². The number of nitrogens with zero attached hydrogens (tertiary/aromatic N) is 1. The van der Waals surface area contributed by atoms with Crippen LogP contribution in [-0.2, 0) is 6.54 Å². The van der Waals surface area contributed by atoms with Crippen molar-refractivity contribution in [3.63, 3.8) is 0 Å². The molecule has 0 saturated heterocycles. The van der Waals surface area contributed by atoms with Crippen molar-refractivity contribution in [2.24, 2.45) is 0 Å². The fourth-order valence-electron chi connectivity index (χ4n) is 1.73. The van der Waals surface area contributed by atoms with Gasteiger partial charge in [-0.25, -0.2) is 4.79 Å². The molecule has 0 saturated carbocycles. The third-order valence-corrected chi connectivity index (χ3v) is 2.76. The number of aromatic carboxylic acids is 1. The number of hydrogen-bond acceptors (Lipinski definition) is 2. The van der Waals surface area contributed by atoms with Crippen LogP contribution in [0.2, 0.25) is 0 Å². The van der Waals surface area contributed by atoms with Gasteiger partial charge >= 0.3 is 5.97 Å². The molecule has 0 aliphatic carbocycles. The van der Waals surface area contributed by atoms with Crippen molar-refractivity contribution in [1.29, 1.82) is 0 Å². The predicted octanol–water partition coefficient (Wildman–Crippen LogP) is 1.90. The first-order chi connectivity index (χ1) is 8.58. The highest BCUT2D eigenvalue weighted by molar-refractivity contribution is 5.87. The summed E-state index contributed by atoms with van der Waals surface area (Å²) < 4.78 is 1.60. The summed E-state index contributed by atoms with van der Waals surface area (Å²) >= 11 is 0. The second-order valence-corrected chi connectivity index (χ2v) is 4.13. The number of carboxylic acids is 1. The highest BCUT2D eigenvalue weighted by Gasteiger charge is 2.03. The quantitative estimate of drug-likeness (QED) is 0.895. The fourth-order valence-corrected chi connectivity index (χ4v) is 1.73. The summed E-state index contributed by atoms with van der Waals surface area (Å²) in [6, 6.07) is 10.1. The Morgan fingerprint density at radius 2 is 1.89 bits per heavy atom. The van der Waals surface area contributed by atoms with Crippen LogP contribution in [0.5, 0.6) is 0 Å². The van der Waals surface area contributed by atoms with E-state index in [0.717, 1.165) is 5.56 Å². The molecule has 0 fully saturated rings. The van der Waals surface area contributed by atoms with E-state index in [2.05, 4.69) is 0 Å². The number of carboxylic acid groups (broad SMARTS) is 1. The smallest absolute Gasteiger partial charge is 0.335 e. The summed E-state index contributed by atoms with van der Waals surface area (Å²) in [5, 5.41) is 8.79. The number of aryl methyl sites for hydroxylation is 1. The molecule has 0 bridgehead atoms. The molecule has 2 aromatic rings. The van der Waals surface area contributed by atoms with Gasteiger partial charge in [0.05, 0.1) is 12.1 Å². The molecule has 92 valence electrons. The zero-order valence-corrected chi connectivity index (χ0v) is 9.96. The van der Waals surface area contributed by atoms with E-state index >= 15 is 0 Å². The fraction of sp³-hybridized carbons (Fsp3) is 0.143. The van der Waals surface area contributed by atoms with E-state index in [1.54, 1.807) is 48.0 Å². The highest BCUT2D eigenvalue weighted by Crippen LogP contribution is 2.05. The van der Waals surface area contributed by atoms with Gasteiger partial charge in [0.1, 0.15) is 0 Å². The van der Waals surface area contributed by atoms with Crippen LogP contribution in [0.4, 0.5) is 0 Å². The summed E-state index contributed by atoms with van der Waals surface area (Å²) in [4.78, 5) is 22.5. The maximum Gasteiger partial charge on any atom is 0.335 e. The molecule has 4 heteroatoms. The van der Waals surface area contributed by atoms with Gasteiger partial charge in [0.15, 0.2) is 0 Å². The lowest BCUT2D eigenvalue weighted by Gasteiger charge is -2.06. The second-order valence-electron chi connectivity index (χ2n) is 4.13. The Labute approximate surface area is 104 Å². The van der Waals surface area contributed by atoms with Crippen LogP contribution in [-0.4, -0.2) is 15.6 Å².